The molecule has 0 aromatic heterocycles. The summed E-state index contributed by atoms with van der Waals surface area (Å²) in [5.41, 5.74) is 1.84. The van der Waals surface area contributed by atoms with E-state index in [1.807, 2.05) is 25.1 Å². The van der Waals surface area contributed by atoms with Gasteiger partial charge in [0.2, 0.25) is 5.91 Å². The zero-order valence-corrected chi connectivity index (χ0v) is 16.8. The highest BCUT2D eigenvalue weighted by Gasteiger charge is 2.28. The number of halogens is 2. The van der Waals surface area contributed by atoms with Gasteiger partial charge >= 0.3 is 0 Å². The van der Waals surface area contributed by atoms with E-state index in [1.165, 1.54) is 5.56 Å². The summed E-state index contributed by atoms with van der Waals surface area (Å²) < 4.78 is 5.49. The van der Waals surface area contributed by atoms with Gasteiger partial charge in [-0.25, -0.2) is 0 Å². The molecule has 0 spiro atoms. The molecule has 1 amide bonds. The fourth-order valence-corrected chi connectivity index (χ4v) is 4.10. The molecule has 0 unspecified atom stereocenters. The van der Waals surface area contributed by atoms with Crippen LogP contribution >= 0.6 is 23.2 Å². The topological polar surface area (TPSA) is 41.6 Å². The second-order valence-electron chi connectivity index (χ2n) is 6.74. The zero-order chi connectivity index (χ0) is 19.2. The first-order chi connectivity index (χ1) is 13.1. The van der Waals surface area contributed by atoms with Crippen molar-refractivity contribution in [1.82, 2.24) is 10.2 Å². The summed E-state index contributed by atoms with van der Waals surface area (Å²) in [7, 11) is 0. The molecule has 1 fully saturated rings. The molecule has 3 rings (SSSR count). The highest BCUT2D eigenvalue weighted by Crippen LogP contribution is 2.27. The van der Waals surface area contributed by atoms with Crippen molar-refractivity contribution in [1.29, 1.82) is 0 Å². The fourth-order valence-electron chi connectivity index (χ4n) is 3.57. The van der Waals surface area contributed by atoms with Gasteiger partial charge in [-0.2, -0.15) is 0 Å². The SMILES string of the molecule is C[C@H](NC(=O)Cc1c(Cl)cccc1Cl)[C@H](c1ccccc1)N1CCOCC1. The summed E-state index contributed by atoms with van der Waals surface area (Å²) >= 11 is 12.4. The lowest BCUT2D eigenvalue weighted by atomic mass is 9.97. The Morgan fingerprint density at radius 3 is 2.33 bits per heavy atom. The molecular weight excluding hydrogens is 383 g/mol. The summed E-state index contributed by atoms with van der Waals surface area (Å²) in [6.07, 6.45) is 0.160. The summed E-state index contributed by atoms with van der Waals surface area (Å²) in [6.45, 7) is 5.14. The molecule has 0 radical (unpaired) electrons. The van der Waals surface area contributed by atoms with Gasteiger partial charge < -0.3 is 10.1 Å². The summed E-state index contributed by atoms with van der Waals surface area (Å²) in [6, 6.07) is 15.6. The molecule has 2 aromatic rings. The Kier molecular flexibility index (Phi) is 7.13. The Balaban J connectivity index is 1.74. The number of hydrogen-bond acceptors (Lipinski definition) is 3. The number of rotatable bonds is 6. The molecule has 144 valence electrons. The minimum absolute atomic E-state index is 0.0701. The van der Waals surface area contributed by atoms with Crippen LogP contribution in [0.4, 0.5) is 0 Å². The molecule has 1 heterocycles. The minimum atomic E-state index is -0.0910. The van der Waals surface area contributed by atoms with Crippen LogP contribution in [0.5, 0.6) is 0 Å². The number of nitrogens with one attached hydrogen (secondary N) is 1. The molecule has 1 saturated heterocycles. The van der Waals surface area contributed by atoms with Crippen molar-refractivity contribution >= 4 is 29.1 Å². The quantitative estimate of drug-likeness (QED) is 0.784. The Labute approximate surface area is 170 Å². The molecule has 1 aliphatic heterocycles. The summed E-state index contributed by atoms with van der Waals surface area (Å²) in [5.74, 6) is -0.0910. The Bertz CT molecular complexity index is 744. The normalized spacial score (nSPS) is 17.3. The first-order valence-corrected chi connectivity index (χ1v) is 9.91. The van der Waals surface area contributed by atoms with Crippen LogP contribution < -0.4 is 5.32 Å². The third kappa shape index (κ3) is 5.23. The largest absolute Gasteiger partial charge is 0.379 e. The lowest BCUT2D eigenvalue weighted by Crippen LogP contribution is -2.48. The lowest BCUT2D eigenvalue weighted by Gasteiger charge is -2.38. The first-order valence-electron chi connectivity index (χ1n) is 9.15. The number of morpholine rings is 1. The van der Waals surface area contributed by atoms with Gasteiger partial charge in [-0.1, -0.05) is 59.6 Å². The third-order valence-electron chi connectivity index (χ3n) is 4.84. The van der Waals surface area contributed by atoms with Gasteiger partial charge in [-0.05, 0) is 30.2 Å². The predicted molar refractivity (Wildman–Crippen MR) is 109 cm³/mol. The van der Waals surface area contributed by atoms with Crippen molar-refractivity contribution in [2.24, 2.45) is 0 Å². The highest BCUT2D eigenvalue weighted by molar-refractivity contribution is 6.36. The first kappa shape index (κ1) is 20.2. The van der Waals surface area contributed by atoms with E-state index < -0.39 is 0 Å². The average molecular weight is 407 g/mol. The Morgan fingerprint density at radius 1 is 1.07 bits per heavy atom. The maximum absolute atomic E-state index is 12.7. The van der Waals surface area contributed by atoms with Crippen LogP contribution in [-0.2, 0) is 16.0 Å². The van der Waals surface area contributed by atoms with Crippen molar-refractivity contribution in [2.45, 2.75) is 25.4 Å². The number of carbonyl (C=O) groups excluding carboxylic acids is 1. The highest BCUT2D eigenvalue weighted by atomic mass is 35.5. The number of amides is 1. The van der Waals surface area contributed by atoms with Gasteiger partial charge in [-0.15, -0.1) is 0 Å². The predicted octanol–water partition coefficient (Wildman–Crippen LogP) is 4.11. The molecule has 1 N–H and O–H groups in total. The van der Waals surface area contributed by atoms with Crippen LogP contribution in [0.25, 0.3) is 0 Å². The van der Waals surface area contributed by atoms with Gasteiger partial charge in [0.1, 0.15) is 0 Å². The number of benzene rings is 2. The second kappa shape index (κ2) is 9.56. The maximum atomic E-state index is 12.7. The second-order valence-corrected chi connectivity index (χ2v) is 7.55. The fraction of sp³-hybridized carbons (Fsp3) is 0.381. The lowest BCUT2D eigenvalue weighted by molar-refractivity contribution is -0.121. The van der Waals surface area contributed by atoms with Crippen molar-refractivity contribution in [3.8, 4) is 0 Å². The van der Waals surface area contributed by atoms with Crippen LogP contribution in [0.3, 0.4) is 0 Å². The van der Waals surface area contributed by atoms with Crippen LogP contribution in [0.1, 0.15) is 24.1 Å². The molecule has 27 heavy (non-hydrogen) atoms. The van der Waals surface area contributed by atoms with E-state index in [1.54, 1.807) is 18.2 Å². The average Bonchev–Trinajstić information content (AvgIpc) is 2.67. The maximum Gasteiger partial charge on any atom is 0.224 e. The van der Waals surface area contributed by atoms with Crippen LogP contribution in [0.15, 0.2) is 48.5 Å². The zero-order valence-electron chi connectivity index (χ0n) is 15.3. The molecule has 1 aliphatic rings. The van der Waals surface area contributed by atoms with Crippen LogP contribution in [0.2, 0.25) is 10.0 Å². The minimum Gasteiger partial charge on any atom is -0.379 e. The molecule has 4 nitrogen and oxygen atoms in total. The molecule has 6 heteroatoms. The Morgan fingerprint density at radius 2 is 1.70 bits per heavy atom. The standard InChI is InChI=1S/C21H24Cl2N2O2/c1-15(24-20(26)14-17-18(22)8-5-9-19(17)23)21(16-6-3-2-4-7-16)25-10-12-27-13-11-25/h2-9,15,21H,10-14H2,1H3,(H,24,26)/t15-,21+/m0/s1. The van der Waals surface area contributed by atoms with E-state index in [0.717, 1.165) is 13.1 Å². The molecule has 2 atom stereocenters. The van der Waals surface area contributed by atoms with Gasteiger partial charge in [-0.3, -0.25) is 9.69 Å². The Hall–Kier alpha value is -1.59. The number of carbonyl (C=O) groups is 1. The van der Waals surface area contributed by atoms with Crippen molar-refractivity contribution in [3.05, 3.63) is 69.7 Å². The smallest absolute Gasteiger partial charge is 0.224 e. The van der Waals surface area contributed by atoms with E-state index >= 15 is 0 Å². The van der Waals surface area contributed by atoms with Crippen LogP contribution in [-0.4, -0.2) is 43.2 Å². The van der Waals surface area contributed by atoms with Crippen LogP contribution in [0, 0.1) is 0 Å². The van der Waals surface area contributed by atoms with E-state index in [0.29, 0.717) is 28.8 Å². The van der Waals surface area contributed by atoms with Gasteiger partial charge in [0.05, 0.1) is 25.7 Å². The monoisotopic (exact) mass is 406 g/mol. The number of nitrogens with zero attached hydrogens (tertiary/aromatic N) is 1. The van der Waals surface area contributed by atoms with Crippen molar-refractivity contribution in [2.75, 3.05) is 26.3 Å². The third-order valence-corrected chi connectivity index (χ3v) is 5.55. The molecule has 2 aromatic carbocycles. The molecule has 0 aliphatic carbocycles. The molecule has 0 bridgehead atoms. The van der Waals surface area contributed by atoms with E-state index in [2.05, 4.69) is 22.3 Å². The molecule has 0 saturated carbocycles. The van der Waals surface area contributed by atoms with Gasteiger partial charge in [0, 0.05) is 29.2 Å². The van der Waals surface area contributed by atoms with Crippen molar-refractivity contribution < 1.29 is 9.53 Å². The summed E-state index contributed by atoms with van der Waals surface area (Å²) in [5, 5.41) is 4.16. The van der Waals surface area contributed by atoms with E-state index in [9.17, 15) is 4.79 Å². The summed E-state index contributed by atoms with van der Waals surface area (Å²) in [4.78, 5) is 15.0. The number of ether oxygens (including phenoxy) is 1. The van der Waals surface area contributed by atoms with E-state index in [4.69, 9.17) is 27.9 Å². The molecular formula is C21H24Cl2N2O2. The van der Waals surface area contributed by atoms with Gasteiger partial charge in [0.15, 0.2) is 0 Å². The van der Waals surface area contributed by atoms with Crippen molar-refractivity contribution in [3.63, 3.8) is 0 Å². The van der Waals surface area contributed by atoms with E-state index in [-0.39, 0.29) is 24.4 Å². The number of hydrogen-bond donors (Lipinski definition) is 1. The van der Waals surface area contributed by atoms with Gasteiger partial charge in [0.25, 0.3) is 0 Å².